The fraction of sp³-hybridized carbons (Fsp3) is 0.773. The zero-order chi connectivity index (χ0) is 40.0. The van der Waals surface area contributed by atoms with Gasteiger partial charge in [0.15, 0.2) is 6.10 Å². The third-order valence-corrected chi connectivity index (χ3v) is 9.89. The van der Waals surface area contributed by atoms with Crippen LogP contribution in [-0.2, 0) is 32.7 Å². The minimum atomic E-state index is -4.43. The molecule has 0 aliphatic heterocycles. The molecule has 0 aromatic rings. The van der Waals surface area contributed by atoms with Crippen LogP contribution in [0.5, 0.6) is 0 Å². The number of phosphoric acid groups is 1. The third-order valence-electron chi connectivity index (χ3n) is 8.91. The Morgan fingerprint density at radius 2 is 1.04 bits per heavy atom. The predicted octanol–water partition coefficient (Wildman–Crippen LogP) is 11.9. The van der Waals surface area contributed by atoms with Crippen LogP contribution in [-0.4, -0.2) is 74.9 Å². The molecule has 314 valence electrons. The summed E-state index contributed by atoms with van der Waals surface area (Å²) >= 11 is 0. The number of rotatable bonds is 38. The van der Waals surface area contributed by atoms with Crippen LogP contribution in [0.15, 0.2) is 48.6 Å². The number of allylic oxidation sites excluding steroid dienone is 8. The number of carbonyl (C=O) groups excluding carboxylic acids is 2. The molecule has 0 bridgehead atoms. The first-order valence-electron chi connectivity index (χ1n) is 21.4. The highest BCUT2D eigenvalue weighted by Crippen LogP contribution is 2.43. The average Bonchev–Trinajstić information content (AvgIpc) is 3.11. The number of hydrogen-bond acceptors (Lipinski definition) is 7. The lowest BCUT2D eigenvalue weighted by molar-refractivity contribution is -0.870. The minimum absolute atomic E-state index is 0.00232. The molecule has 9 nitrogen and oxygen atoms in total. The number of unbranched alkanes of at least 4 members (excludes halogenated alkanes) is 17. The van der Waals surface area contributed by atoms with Crippen molar-refractivity contribution < 1.29 is 42.1 Å². The monoisotopic (exact) mass is 783 g/mol. The first kappa shape index (κ1) is 52.1. The number of likely N-dealkylation sites (N-methyl/N-ethyl adjacent to an activating group) is 1. The Kier molecular flexibility index (Phi) is 35.5. The van der Waals surface area contributed by atoms with E-state index in [0.717, 1.165) is 51.4 Å². The highest BCUT2D eigenvalue weighted by molar-refractivity contribution is 7.47. The Morgan fingerprint density at radius 1 is 0.593 bits per heavy atom. The molecule has 0 radical (unpaired) electrons. The molecule has 10 heteroatoms. The van der Waals surface area contributed by atoms with Crippen molar-refractivity contribution in [2.24, 2.45) is 0 Å². The summed E-state index contributed by atoms with van der Waals surface area (Å²) in [6.45, 7) is 4.62. The number of quaternary nitrogens is 1. The summed E-state index contributed by atoms with van der Waals surface area (Å²) in [5, 5.41) is 0. The van der Waals surface area contributed by atoms with Gasteiger partial charge in [0, 0.05) is 13.0 Å². The minimum Gasteiger partial charge on any atom is -0.391 e. The van der Waals surface area contributed by atoms with E-state index in [1.807, 2.05) is 21.1 Å². The molecule has 1 unspecified atom stereocenters. The average molecular weight is 783 g/mol. The van der Waals surface area contributed by atoms with Gasteiger partial charge in [0.2, 0.25) is 0 Å². The Balaban J connectivity index is 4.49. The van der Waals surface area contributed by atoms with Crippen molar-refractivity contribution in [2.45, 2.75) is 174 Å². The van der Waals surface area contributed by atoms with Crippen LogP contribution in [0.1, 0.15) is 168 Å². The summed E-state index contributed by atoms with van der Waals surface area (Å²) in [5.74, 6) is -1.54. The lowest BCUT2D eigenvalue weighted by Gasteiger charge is -2.24. The van der Waals surface area contributed by atoms with Crippen molar-refractivity contribution >= 4 is 19.8 Å². The SMILES string of the molecule is CCCCC/C=C\C/C=C\C/C=C\C/C=C\CCCCO[C@@H](COP(=O)(O)OCC[N+](C)(C)C)C(=O)OC(=O)CCCCCCCCCCCCCCC. The van der Waals surface area contributed by atoms with Crippen LogP contribution >= 0.6 is 7.82 Å². The van der Waals surface area contributed by atoms with E-state index in [0.29, 0.717) is 23.9 Å². The first-order valence-corrected chi connectivity index (χ1v) is 22.9. The van der Waals surface area contributed by atoms with Crippen LogP contribution in [0.25, 0.3) is 0 Å². The summed E-state index contributed by atoms with van der Waals surface area (Å²) in [7, 11) is 1.37. The fourth-order valence-electron chi connectivity index (χ4n) is 5.48. The molecule has 0 saturated heterocycles. The second-order valence-electron chi connectivity index (χ2n) is 15.3. The Morgan fingerprint density at radius 3 is 1.54 bits per heavy atom. The number of carbonyl (C=O) groups is 2. The Hall–Kier alpha value is -1.87. The summed E-state index contributed by atoms with van der Waals surface area (Å²) in [5.41, 5.74) is 0. The van der Waals surface area contributed by atoms with E-state index >= 15 is 0 Å². The van der Waals surface area contributed by atoms with Crippen molar-refractivity contribution in [3.8, 4) is 0 Å². The zero-order valence-electron chi connectivity index (χ0n) is 35.2. The largest absolute Gasteiger partial charge is 0.472 e. The van der Waals surface area contributed by atoms with Gasteiger partial charge in [-0.25, -0.2) is 9.36 Å². The van der Waals surface area contributed by atoms with Crippen LogP contribution in [0.3, 0.4) is 0 Å². The van der Waals surface area contributed by atoms with Crippen LogP contribution in [0, 0.1) is 0 Å². The van der Waals surface area contributed by atoms with Crippen LogP contribution in [0.4, 0.5) is 0 Å². The molecular formula is C44H81NO8P+. The van der Waals surface area contributed by atoms with Gasteiger partial charge in [0.25, 0.3) is 0 Å². The highest BCUT2D eigenvalue weighted by Gasteiger charge is 2.30. The van der Waals surface area contributed by atoms with Gasteiger partial charge in [-0.15, -0.1) is 0 Å². The van der Waals surface area contributed by atoms with Gasteiger partial charge in [-0.3, -0.25) is 13.8 Å². The van der Waals surface area contributed by atoms with Gasteiger partial charge in [-0.05, 0) is 57.8 Å². The molecular weight excluding hydrogens is 701 g/mol. The normalized spacial score (nSPS) is 14.2. The molecule has 0 aromatic carbocycles. The molecule has 0 saturated carbocycles. The lowest BCUT2D eigenvalue weighted by Crippen LogP contribution is -2.37. The lowest BCUT2D eigenvalue weighted by atomic mass is 10.0. The number of nitrogens with zero attached hydrogens (tertiary/aromatic N) is 1. The molecule has 0 amide bonds. The van der Waals surface area contributed by atoms with Crippen molar-refractivity contribution in [3.63, 3.8) is 0 Å². The Bertz CT molecular complexity index is 1070. The molecule has 0 heterocycles. The van der Waals surface area contributed by atoms with Gasteiger partial charge in [0.05, 0.1) is 27.7 Å². The van der Waals surface area contributed by atoms with Crippen molar-refractivity contribution in [1.29, 1.82) is 0 Å². The standard InChI is InChI=1S/C44H80NO8P/c1-6-8-10-12-14-16-18-20-21-22-23-24-26-28-30-32-34-36-39-50-42(41-52-54(48,49)51-40-38-45(3,4)5)44(47)53-43(46)37-35-33-31-29-27-25-19-17-15-13-11-9-7-2/h14,16,20-21,23-24,28,30,42H,6-13,15,17-19,22,25-27,29,31-41H2,1-5H3/p+1/b16-14-,21-20-,24-23-,30-28-/t42-/m0/s1. The smallest absolute Gasteiger partial charge is 0.391 e. The number of ether oxygens (including phenoxy) is 2. The van der Waals surface area contributed by atoms with Crippen molar-refractivity contribution in [2.75, 3.05) is 47.5 Å². The topological polar surface area (TPSA) is 108 Å². The fourth-order valence-corrected chi connectivity index (χ4v) is 6.19. The first-order chi connectivity index (χ1) is 26.0. The maximum atomic E-state index is 12.9. The second kappa shape index (κ2) is 36.7. The van der Waals surface area contributed by atoms with Gasteiger partial charge in [-0.2, -0.15) is 0 Å². The van der Waals surface area contributed by atoms with Crippen molar-refractivity contribution in [1.82, 2.24) is 0 Å². The maximum absolute atomic E-state index is 12.9. The van der Waals surface area contributed by atoms with E-state index in [-0.39, 0.29) is 19.6 Å². The van der Waals surface area contributed by atoms with E-state index in [9.17, 15) is 19.0 Å². The molecule has 1 N–H and O–H groups in total. The second-order valence-corrected chi connectivity index (χ2v) is 16.8. The van der Waals surface area contributed by atoms with Crippen LogP contribution < -0.4 is 0 Å². The summed E-state index contributed by atoms with van der Waals surface area (Å²) in [4.78, 5) is 35.5. The molecule has 0 rings (SSSR count). The number of hydrogen-bond donors (Lipinski definition) is 1. The highest BCUT2D eigenvalue weighted by atomic mass is 31.2. The van der Waals surface area contributed by atoms with Crippen LogP contribution in [0.2, 0.25) is 0 Å². The number of phosphoric ester groups is 1. The quantitative estimate of drug-likeness (QED) is 0.0165. The van der Waals surface area contributed by atoms with E-state index in [1.54, 1.807) is 0 Å². The molecule has 0 spiro atoms. The van der Waals surface area contributed by atoms with E-state index < -0.39 is 32.5 Å². The van der Waals surface area contributed by atoms with Gasteiger partial charge in [0.1, 0.15) is 13.2 Å². The Labute approximate surface area is 331 Å². The summed E-state index contributed by atoms with van der Waals surface area (Å²) in [6.07, 6.45) is 42.0. The van der Waals surface area contributed by atoms with Gasteiger partial charge >= 0.3 is 19.8 Å². The molecule has 0 aromatic heterocycles. The van der Waals surface area contributed by atoms with E-state index in [2.05, 4.69) is 62.5 Å². The van der Waals surface area contributed by atoms with E-state index in [1.165, 1.54) is 83.5 Å². The van der Waals surface area contributed by atoms with E-state index in [4.69, 9.17) is 18.5 Å². The van der Waals surface area contributed by atoms with Gasteiger partial charge < -0.3 is 18.9 Å². The molecule has 54 heavy (non-hydrogen) atoms. The number of esters is 2. The van der Waals surface area contributed by atoms with Gasteiger partial charge in [-0.1, -0.05) is 152 Å². The molecule has 0 aliphatic rings. The maximum Gasteiger partial charge on any atom is 0.472 e. The molecule has 0 aliphatic carbocycles. The third kappa shape index (κ3) is 38.4. The summed E-state index contributed by atoms with van der Waals surface area (Å²) < 4.78 is 34.0. The van der Waals surface area contributed by atoms with Crippen molar-refractivity contribution in [3.05, 3.63) is 48.6 Å². The molecule has 2 atom stereocenters. The predicted molar refractivity (Wildman–Crippen MR) is 224 cm³/mol. The molecule has 0 fully saturated rings. The zero-order valence-corrected chi connectivity index (χ0v) is 36.1. The summed E-state index contributed by atoms with van der Waals surface area (Å²) in [6, 6.07) is 0.